The molecule has 7 heteroatoms. The highest BCUT2D eigenvalue weighted by atomic mass is 35.5. The van der Waals surface area contributed by atoms with Gasteiger partial charge in [0.1, 0.15) is 5.75 Å². The maximum absolute atomic E-state index is 13.3. The Hall–Kier alpha value is -1.79. The van der Waals surface area contributed by atoms with Crippen LogP contribution in [0.3, 0.4) is 0 Å². The summed E-state index contributed by atoms with van der Waals surface area (Å²) in [7, 11) is 0. The largest absolute Gasteiger partial charge is 0.493 e. The number of hydrogen-bond donors (Lipinski definition) is 1. The van der Waals surface area contributed by atoms with Gasteiger partial charge in [-0.1, -0.05) is 18.2 Å². The number of rotatable bonds is 5. The molecule has 0 aliphatic carbocycles. The SMILES string of the molecule is Cl.O=C(CCOc1ccccc1)N1CCCC(C(=O)N2C3CCNCC2CC3)C1. The van der Waals surface area contributed by atoms with Gasteiger partial charge in [0.2, 0.25) is 11.8 Å². The minimum atomic E-state index is -0.0473. The van der Waals surface area contributed by atoms with Crippen LogP contribution in [-0.2, 0) is 9.59 Å². The Balaban J connectivity index is 0.00000240. The van der Waals surface area contributed by atoms with Crippen LogP contribution in [0.2, 0.25) is 0 Å². The number of nitrogens with one attached hydrogen (secondary N) is 1. The number of likely N-dealkylation sites (tertiary alicyclic amines) is 1. The monoisotopic (exact) mass is 421 g/mol. The van der Waals surface area contributed by atoms with Crippen molar-refractivity contribution in [2.45, 2.75) is 50.6 Å². The van der Waals surface area contributed by atoms with Crippen LogP contribution < -0.4 is 10.1 Å². The summed E-state index contributed by atoms with van der Waals surface area (Å²) in [5.41, 5.74) is 0. The summed E-state index contributed by atoms with van der Waals surface area (Å²) in [6, 6.07) is 10.3. The summed E-state index contributed by atoms with van der Waals surface area (Å²) in [5, 5.41) is 3.46. The van der Waals surface area contributed by atoms with E-state index in [1.54, 1.807) is 0 Å². The van der Waals surface area contributed by atoms with Gasteiger partial charge in [-0.25, -0.2) is 0 Å². The van der Waals surface area contributed by atoms with E-state index in [9.17, 15) is 9.59 Å². The lowest BCUT2D eigenvalue weighted by Gasteiger charge is -2.37. The number of fused-ring (bicyclic) bond motifs is 2. The molecule has 4 rings (SSSR count). The minimum absolute atomic E-state index is 0. The average molecular weight is 422 g/mol. The molecule has 0 radical (unpaired) electrons. The molecule has 2 amide bonds. The van der Waals surface area contributed by atoms with Gasteiger partial charge in [0.05, 0.1) is 18.9 Å². The zero-order chi connectivity index (χ0) is 19.3. The molecule has 0 aromatic heterocycles. The average Bonchev–Trinajstić information content (AvgIpc) is 3.00. The van der Waals surface area contributed by atoms with E-state index in [1.807, 2.05) is 35.2 Å². The smallest absolute Gasteiger partial charge is 0.228 e. The second-order valence-corrected chi connectivity index (χ2v) is 8.21. The quantitative estimate of drug-likeness (QED) is 0.793. The number of carbonyl (C=O) groups is 2. The lowest BCUT2D eigenvalue weighted by Crippen LogP contribution is -2.50. The van der Waals surface area contributed by atoms with Gasteiger partial charge >= 0.3 is 0 Å². The third-order valence-electron chi connectivity index (χ3n) is 6.36. The van der Waals surface area contributed by atoms with Gasteiger partial charge in [-0.05, 0) is 50.8 Å². The van der Waals surface area contributed by atoms with Gasteiger partial charge in [0.25, 0.3) is 0 Å². The fraction of sp³-hybridized carbons (Fsp3) is 0.636. The van der Waals surface area contributed by atoms with E-state index in [4.69, 9.17) is 4.74 Å². The lowest BCUT2D eigenvalue weighted by atomic mass is 9.95. The standard InChI is InChI=1S/C22H31N3O3.ClH/c26-21(11-14-28-20-6-2-1-3-7-20)24-13-4-5-17(16-24)22(27)25-18-8-9-19(25)15-23-12-10-18;/h1-3,6-7,17-19,23H,4-5,8-16H2;1H. The Morgan fingerprint density at radius 3 is 2.69 bits per heavy atom. The number of benzene rings is 1. The molecule has 0 spiro atoms. The Kier molecular flexibility index (Phi) is 7.78. The van der Waals surface area contributed by atoms with Crippen LogP contribution in [0, 0.1) is 5.92 Å². The molecule has 3 aliphatic rings. The van der Waals surface area contributed by atoms with Gasteiger partial charge < -0.3 is 19.9 Å². The van der Waals surface area contributed by atoms with Gasteiger partial charge in [-0.3, -0.25) is 9.59 Å². The Labute approximate surface area is 179 Å². The fourth-order valence-corrected chi connectivity index (χ4v) is 4.89. The molecule has 3 unspecified atom stereocenters. The second kappa shape index (κ2) is 10.3. The summed E-state index contributed by atoms with van der Waals surface area (Å²) in [5.74, 6) is 1.10. The van der Waals surface area contributed by atoms with E-state index < -0.39 is 0 Å². The van der Waals surface area contributed by atoms with Crippen LogP contribution in [0.1, 0.15) is 38.5 Å². The Bertz CT molecular complexity index is 673. The second-order valence-electron chi connectivity index (χ2n) is 8.21. The highest BCUT2D eigenvalue weighted by molar-refractivity contribution is 5.85. The van der Waals surface area contributed by atoms with Crippen molar-refractivity contribution in [2.24, 2.45) is 5.92 Å². The fourth-order valence-electron chi connectivity index (χ4n) is 4.89. The van der Waals surface area contributed by atoms with Crippen molar-refractivity contribution in [1.29, 1.82) is 0 Å². The molecule has 3 saturated heterocycles. The third kappa shape index (κ3) is 5.23. The van der Waals surface area contributed by atoms with E-state index in [2.05, 4.69) is 10.2 Å². The first-order valence-electron chi connectivity index (χ1n) is 10.7. The van der Waals surface area contributed by atoms with Crippen molar-refractivity contribution in [1.82, 2.24) is 15.1 Å². The van der Waals surface area contributed by atoms with E-state index in [0.29, 0.717) is 31.7 Å². The molecular formula is C22H32ClN3O3. The van der Waals surface area contributed by atoms with E-state index in [1.165, 1.54) is 0 Å². The molecule has 3 fully saturated rings. The number of ether oxygens (including phenoxy) is 1. The van der Waals surface area contributed by atoms with Crippen LogP contribution in [-0.4, -0.2) is 66.5 Å². The van der Waals surface area contributed by atoms with Crippen molar-refractivity contribution < 1.29 is 14.3 Å². The molecule has 2 bridgehead atoms. The topological polar surface area (TPSA) is 61.9 Å². The predicted octanol–water partition coefficient (Wildman–Crippen LogP) is 2.47. The third-order valence-corrected chi connectivity index (χ3v) is 6.36. The summed E-state index contributed by atoms with van der Waals surface area (Å²) in [6.45, 7) is 3.60. The van der Waals surface area contributed by atoms with Gasteiger partial charge in [0, 0.05) is 31.7 Å². The zero-order valence-corrected chi connectivity index (χ0v) is 17.7. The van der Waals surface area contributed by atoms with Gasteiger partial charge in [0.15, 0.2) is 0 Å². The molecule has 29 heavy (non-hydrogen) atoms. The van der Waals surface area contributed by atoms with Crippen molar-refractivity contribution in [3.05, 3.63) is 30.3 Å². The number of hydrogen-bond acceptors (Lipinski definition) is 4. The molecule has 160 valence electrons. The highest BCUT2D eigenvalue weighted by Gasteiger charge is 2.41. The maximum Gasteiger partial charge on any atom is 0.228 e. The van der Waals surface area contributed by atoms with E-state index in [0.717, 1.165) is 57.5 Å². The number of carbonyl (C=O) groups excluding carboxylic acids is 2. The molecule has 3 atom stereocenters. The van der Waals surface area contributed by atoms with Crippen LogP contribution in [0.5, 0.6) is 5.75 Å². The van der Waals surface area contributed by atoms with Gasteiger partial charge in [-0.15, -0.1) is 12.4 Å². The molecule has 1 N–H and O–H groups in total. The normalized spacial score (nSPS) is 26.4. The minimum Gasteiger partial charge on any atom is -0.493 e. The number of halogens is 1. The van der Waals surface area contributed by atoms with E-state index in [-0.39, 0.29) is 30.1 Å². The molecule has 3 aliphatic heterocycles. The lowest BCUT2D eigenvalue weighted by molar-refractivity contribution is -0.143. The molecule has 3 heterocycles. The number of amides is 2. The number of piperidine rings is 1. The molecular weight excluding hydrogens is 390 g/mol. The summed E-state index contributed by atoms with van der Waals surface area (Å²) in [6.07, 6.45) is 5.44. The molecule has 1 aromatic rings. The number of nitrogens with zero attached hydrogens (tertiary/aromatic N) is 2. The number of para-hydroxylation sites is 1. The Morgan fingerprint density at radius 1 is 1.07 bits per heavy atom. The first-order chi connectivity index (χ1) is 13.7. The summed E-state index contributed by atoms with van der Waals surface area (Å²) >= 11 is 0. The van der Waals surface area contributed by atoms with Crippen molar-refractivity contribution in [3.8, 4) is 5.75 Å². The summed E-state index contributed by atoms with van der Waals surface area (Å²) in [4.78, 5) is 29.9. The van der Waals surface area contributed by atoms with E-state index >= 15 is 0 Å². The molecule has 6 nitrogen and oxygen atoms in total. The first-order valence-corrected chi connectivity index (χ1v) is 10.7. The molecule has 1 aromatic carbocycles. The van der Waals surface area contributed by atoms with Crippen molar-refractivity contribution in [3.63, 3.8) is 0 Å². The van der Waals surface area contributed by atoms with Crippen molar-refractivity contribution in [2.75, 3.05) is 32.8 Å². The van der Waals surface area contributed by atoms with Crippen LogP contribution >= 0.6 is 12.4 Å². The Morgan fingerprint density at radius 2 is 1.86 bits per heavy atom. The first kappa shape index (κ1) is 21.9. The maximum atomic E-state index is 13.3. The van der Waals surface area contributed by atoms with Crippen molar-refractivity contribution >= 4 is 24.2 Å². The van der Waals surface area contributed by atoms with Crippen LogP contribution in [0.15, 0.2) is 30.3 Å². The predicted molar refractivity (Wildman–Crippen MR) is 114 cm³/mol. The summed E-state index contributed by atoms with van der Waals surface area (Å²) < 4.78 is 5.66. The van der Waals surface area contributed by atoms with Gasteiger partial charge in [-0.2, -0.15) is 0 Å². The molecule has 0 saturated carbocycles. The van der Waals surface area contributed by atoms with Crippen LogP contribution in [0.25, 0.3) is 0 Å². The highest BCUT2D eigenvalue weighted by Crippen LogP contribution is 2.31. The van der Waals surface area contributed by atoms with Crippen LogP contribution in [0.4, 0.5) is 0 Å². The zero-order valence-electron chi connectivity index (χ0n) is 16.9.